The molecule has 0 heterocycles. The maximum absolute atomic E-state index is 10.0. The van der Waals surface area contributed by atoms with E-state index >= 15 is 0 Å². The van der Waals surface area contributed by atoms with Crippen LogP contribution in [0.15, 0.2) is 0 Å². The molecule has 1 radical (unpaired) electrons. The van der Waals surface area contributed by atoms with Gasteiger partial charge in [-0.05, 0) is 25.7 Å². The Labute approximate surface area is 91.2 Å². The topological polar surface area (TPSA) is 124 Å². The minimum atomic E-state index is -1.52. The van der Waals surface area contributed by atoms with Crippen molar-refractivity contribution in [2.75, 3.05) is 0 Å². The van der Waals surface area contributed by atoms with Gasteiger partial charge in [-0.1, -0.05) is 19.3 Å². The summed E-state index contributed by atoms with van der Waals surface area (Å²) in [5.74, 6) is 0.0418. The molecule has 0 saturated heterocycles. The molecular formula is C10H23N4O. The van der Waals surface area contributed by atoms with Crippen LogP contribution in [-0.4, -0.2) is 16.4 Å². The molecule has 1 saturated carbocycles. The van der Waals surface area contributed by atoms with Crippen molar-refractivity contribution in [1.29, 1.82) is 0 Å². The molecule has 1 aliphatic carbocycles. The Hall–Kier alpha value is -0.200. The zero-order chi connectivity index (χ0) is 11.7. The molecule has 89 valence electrons. The molecule has 0 spiro atoms. The molecule has 1 aliphatic rings. The lowest BCUT2D eigenvalue weighted by Gasteiger charge is -2.43. The van der Waals surface area contributed by atoms with Crippen LogP contribution < -0.4 is 22.9 Å². The number of rotatable bonds is 3. The smallest absolute Gasteiger partial charge is 0.133 e. The summed E-state index contributed by atoms with van der Waals surface area (Å²) in [6.45, 7) is 1.52. The summed E-state index contributed by atoms with van der Waals surface area (Å²) in [6.07, 6.45) is 5.27. The lowest BCUT2D eigenvalue weighted by atomic mass is 9.77. The van der Waals surface area contributed by atoms with Crippen molar-refractivity contribution in [3.8, 4) is 0 Å². The summed E-state index contributed by atoms with van der Waals surface area (Å²) in [5, 5.41) is 10.0. The highest BCUT2D eigenvalue weighted by atomic mass is 16.3. The van der Waals surface area contributed by atoms with Crippen LogP contribution in [0.5, 0.6) is 0 Å². The van der Waals surface area contributed by atoms with Gasteiger partial charge in [0.2, 0.25) is 0 Å². The quantitative estimate of drug-likeness (QED) is 0.414. The first-order valence-corrected chi connectivity index (χ1v) is 5.48. The summed E-state index contributed by atoms with van der Waals surface area (Å²) < 4.78 is 0. The van der Waals surface area contributed by atoms with Gasteiger partial charge in [-0.15, -0.1) is 0 Å². The normalized spacial score (nSPS) is 21.0. The van der Waals surface area contributed by atoms with Gasteiger partial charge in [-0.2, -0.15) is 0 Å². The summed E-state index contributed by atoms with van der Waals surface area (Å²) in [5.41, 5.74) is 20.1. The van der Waals surface area contributed by atoms with Crippen molar-refractivity contribution < 1.29 is 5.11 Å². The highest BCUT2D eigenvalue weighted by molar-refractivity contribution is 5.13. The van der Waals surface area contributed by atoms with Crippen LogP contribution in [0.2, 0.25) is 0 Å². The van der Waals surface area contributed by atoms with E-state index in [4.69, 9.17) is 22.9 Å². The van der Waals surface area contributed by atoms with E-state index in [1.54, 1.807) is 0 Å². The van der Waals surface area contributed by atoms with Crippen molar-refractivity contribution >= 4 is 0 Å². The molecule has 5 nitrogen and oxygen atoms in total. The third-order valence-corrected chi connectivity index (χ3v) is 3.31. The first-order chi connectivity index (χ1) is 6.77. The predicted octanol–water partition coefficient (Wildman–Crippen LogP) is -0.282. The van der Waals surface area contributed by atoms with E-state index in [-0.39, 0.29) is 12.0 Å². The Balaban J connectivity index is 2.69. The molecule has 0 aromatic heterocycles. The standard InChI is InChI=1S/C10H23N4O/c1-9(11,12)10(13,14)8(15)7-5-3-2-4-6-7/h7,15H,2-6,11-14H2,1H3. The van der Waals surface area contributed by atoms with Crippen LogP contribution in [0.1, 0.15) is 39.0 Å². The maximum atomic E-state index is 10.0. The van der Waals surface area contributed by atoms with E-state index in [1.165, 1.54) is 13.3 Å². The second-order valence-corrected chi connectivity index (χ2v) is 4.87. The fourth-order valence-corrected chi connectivity index (χ4v) is 1.99. The summed E-state index contributed by atoms with van der Waals surface area (Å²) in [7, 11) is 0. The number of hydrogen-bond donors (Lipinski definition) is 5. The van der Waals surface area contributed by atoms with E-state index in [2.05, 4.69) is 0 Å². The number of nitrogens with two attached hydrogens (primary N) is 4. The molecule has 0 atom stereocenters. The molecule has 1 rings (SSSR count). The zero-order valence-electron chi connectivity index (χ0n) is 9.37. The number of hydrogen-bond acceptors (Lipinski definition) is 5. The highest BCUT2D eigenvalue weighted by Crippen LogP contribution is 2.34. The molecule has 9 N–H and O–H groups in total. The van der Waals surface area contributed by atoms with Gasteiger partial charge in [0.05, 0.1) is 5.66 Å². The number of aliphatic hydroxyl groups is 1. The molecule has 0 aliphatic heterocycles. The molecular weight excluding hydrogens is 192 g/mol. The molecule has 1 fully saturated rings. The summed E-state index contributed by atoms with van der Waals surface area (Å²) >= 11 is 0. The molecule has 0 bridgehead atoms. The van der Waals surface area contributed by atoms with Gasteiger partial charge < -0.3 is 28.0 Å². The Morgan fingerprint density at radius 3 is 1.93 bits per heavy atom. The first kappa shape index (κ1) is 12.9. The second kappa shape index (κ2) is 4.35. The van der Waals surface area contributed by atoms with Gasteiger partial charge >= 0.3 is 0 Å². The minimum absolute atomic E-state index is 0.0418. The van der Waals surface area contributed by atoms with Gasteiger partial charge in [0.15, 0.2) is 0 Å². The van der Waals surface area contributed by atoms with Crippen LogP contribution in [0, 0.1) is 12.0 Å². The molecule has 0 aromatic rings. The van der Waals surface area contributed by atoms with Crippen LogP contribution >= 0.6 is 0 Å². The maximum Gasteiger partial charge on any atom is 0.133 e. The van der Waals surface area contributed by atoms with Gasteiger partial charge in [0, 0.05) is 0 Å². The van der Waals surface area contributed by atoms with E-state index in [0.717, 1.165) is 25.7 Å². The fraction of sp³-hybridized carbons (Fsp3) is 0.900. The van der Waals surface area contributed by atoms with E-state index < -0.39 is 11.3 Å². The third kappa shape index (κ3) is 2.68. The molecule has 15 heavy (non-hydrogen) atoms. The van der Waals surface area contributed by atoms with Gasteiger partial charge in [0.25, 0.3) is 0 Å². The fourth-order valence-electron chi connectivity index (χ4n) is 1.99. The molecule has 0 amide bonds. The second-order valence-electron chi connectivity index (χ2n) is 4.87. The van der Waals surface area contributed by atoms with Crippen molar-refractivity contribution in [3.63, 3.8) is 0 Å². The van der Waals surface area contributed by atoms with Crippen molar-refractivity contribution in [1.82, 2.24) is 0 Å². The Kier molecular flexibility index (Phi) is 3.73. The van der Waals surface area contributed by atoms with Crippen molar-refractivity contribution in [3.05, 3.63) is 6.10 Å². The average Bonchev–Trinajstić information content (AvgIpc) is 2.16. The Morgan fingerprint density at radius 1 is 1.07 bits per heavy atom. The van der Waals surface area contributed by atoms with E-state index in [1.807, 2.05) is 0 Å². The average molecular weight is 215 g/mol. The number of aliphatic hydroxyl groups excluding tert-OH is 1. The van der Waals surface area contributed by atoms with Crippen molar-refractivity contribution in [2.24, 2.45) is 28.9 Å². The predicted molar refractivity (Wildman–Crippen MR) is 59.6 cm³/mol. The summed E-state index contributed by atoms with van der Waals surface area (Å²) in [4.78, 5) is 0. The largest absolute Gasteiger partial charge is 0.383 e. The van der Waals surface area contributed by atoms with Crippen LogP contribution in [0.3, 0.4) is 0 Å². The van der Waals surface area contributed by atoms with Crippen LogP contribution in [0.25, 0.3) is 0 Å². The zero-order valence-corrected chi connectivity index (χ0v) is 9.37. The van der Waals surface area contributed by atoms with Gasteiger partial charge in [0.1, 0.15) is 11.8 Å². The Morgan fingerprint density at radius 2 is 1.53 bits per heavy atom. The van der Waals surface area contributed by atoms with Crippen LogP contribution in [-0.2, 0) is 0 Å². The lowest BCUT2D eigenvalue weighted by Crippen LogP contribution is -2.77. The third-order valence-electron chi connectivity index (χ3n) is 3.31. The molecule has 0 unspecified atom stereocenters. The van der Waals surface area contributed by atoms with E-state index in [0.29, 0.717) is 0 Å². The van der Waals surface area contributed by atoms with Gasteiger partial charge in [-0.25, -0.2) is 0 Å². The van der Waals surface area contributed by atoms with Crippen molar-refractivity contribution in [2.45, 2.75) is 50.4 Å². The van der Waals surface area contributed by atoms with Crippen LogP contribution in [0.4, 0.5) is 0 Å². The first-order valence-electron chi connectivity index (χ1n) is 5.48. The monoisotopic (exact) mass is 215 g/mol. The lowest BCUT2D eigenvalue weighted by molar-refractivity contribution is 0.0796. The molecule has 5 heteroatoms. The van der Waals surface area contributed by atoms with Gasteiger partial charge in [-0.3, -0.25) is 0 Å². The van der Waals surface area contributed by atoms with E-state index in [9.17, 15) is 5.11 Å². The minimum Gasteiger partial charge on any atom is -0.383 e. The highest BCUT2D eigenvalue weighted by Gasteiger charge is 2.46. The molecule has 0 aromatic carbocycles. The Bertz CT molecular complexity index is 206. The SMILES string of the molecule is CC(N)(N)C(N)(N)[C](O)C1CCCCC1. The summed E-state index contributed by atoms with van der Waals surface area (Å²) in [6, 6.07) is 0.